The highest BCUT2D eigenvalue weighted by molar-refractivity contribution is 5.39. The molecule has 2 aliphatic rings. The molecule has 1 saturated carbocycles. The van der Waals surface area contributed by atoms with Crippen molar-refractivity contribution < 1.29 is 0 Å². The van der Waals surface area contributed by atoms with Crippen LogP contribution in [0.2, 0.25) is 0 Å². The van der Waals surface area contributed by atoms with Gasteiger partial charge in [-0.1, -0.05) is 44.0 Å². The van der Waals surface area contributed by atoms with Crippen LogP contribution in [0.1, 0.15) is 56.1 Å². The predicted octanol–water partition coefficient (Wildman–Crippen LogP) is 3.37. The van der Waals surface area contributed by atoms with Crippen molar-refractivity contribution in [3.8, 4) is 0 Å². The Bertz CT molecular complexity index is 421. The number of hydrazine groups is 1. The first-order valence-electron chi connectivity index (χ1n) is 7.82. The van der Waals surface area contributed by atoms with Crippen molar-refractivity contribution in [2.24, 2.45) is 17.7 Å². The van der Waals surface area contributed by atoms with Gasteiger partial charge in [0.25, 0.3) is 0 Å². The summed E-state index contributed by atoms with van der Waals surface area (Å²) in [5.74, 6) is 8.27. The Morgan fingerprint density at radius 1 is 1.21 bits per heavy atom. The molecule has 0 heterocycles. The van der Waals surface area contributed by atoms with Crippen LogP contribution in [0.5, 0.6) is 0 Å². The normalized spacial score (nSPS) is 31.4. The van der Waals surface area contributed by atoms with Crippen molar-refractivity contribution in [3.63, 3.8) is 0 Å². The number of rotatable bonds is 4. The predicted molar refractivity (Wildman–Crippen MR) is 79.7 cm³/mol. The van der Waals surface area contributed by atoms with Gasteiger partial charge in [0, 0.05) is 6.04 Å². The number of nitrogens with one attached hydrogen (secondary N) is 1. The monoisotopic (exact) mass is 258 g/mol. The Kier molecular flexibility index (Phi) is 3.90. The lowest BCUT2D eigenvalue weighted by Gasteiger charge is -2.37. The Morgan fingerprint density at radius 3 is 2.63 bits per heavy atom. The maximum atomic E-state index is 5.84. The van der Waals surface area contributed by atoms with Crippen molar-refractivity contribution in [1.82, 2.24) is 5.43 Å². The molecule has 1 fully saturated rings. The van der Waals surface area contributed by atoms with Crippen LogP contribution >= 0.6 is 0 Å². The van der Waals surface area contributed by atoms with Gasteiger partial charge in [-0.2, -0.15) is 0 Å². The minimum absolute atomic E-state index is 0.505. The summed E-state index contributed by atoms with van der Waals surface area (Å²) in [7, 11) is 0. The van der Waals surface area contributed by atoms with Gasteiger partial charge in [0.2, 0.25) is 0 Å². The van der Waals surface area contributed by atoms with E-state index in [1.165, 1.54) is 38.5 Å². The van der Waals surface area contributed by atoms with Crippen molar-refractivity contribution in [2.75, 3.05) is 0 Å². The van der Waals surface area contributed by atoms with Gasteiger partial charge in [-0.25, -0.2) is 0 Å². The van der Waals surface area contributed by atoms with Crippen molar-refractivity contribution >= 4 is 0 Å². The van der Waals surface area contributed by atoms with Gasteiger partial charge in [0.1, 0.15) is 0 Å². The molecule has 1 aromatic rings. The van der Waals surface area contributed by atoms with Crippen molar-refractivity contribution in [2.45, 2.75) is 57.4 Å². The summed E-state index contributed by atoms with van der Waals surface area (Å²) >= 11 is 0. The van der Waals surface area contributed by atoms with Crippen molar-refractivity contribution in [3.05, 3.63) is 35.4 Å². The Hall–Kier alpha value is -0.860. The van der Waals surface area contributed by atoms with Gasteiger partial charge in [0.05, 0.1) is 0 Å². The Balaban J connectivity index is 1.59. The fourth-order valence-electron chi connectivity index (χ4n) is 3.96. The van der Waals surface area contributed by atoms with E-state index in [1.807, 2.05) is 0 Å². The third-order valence-electron chi connectivity index (χ3n) is 5.34. The maximum absolute atomic E-state index is 5.84. The van der Waals surface area contributed by atoms with Crippen molar-refractivity contribution in [1.29, 1.82) is 0 Å². The van der Waals surface area contributed by atoms with Gasteiger partial charge in [-0.15, -0.1) is 0 Å². The molecule has 0 radical (unpaired) electrons. The maximum Gasteiger partial charge on any atom is 0.0244 e. The summed E-state index contributed by atoms with van der Waals surface area (Å²) in [5.41, 5.74) is 6.22. The zero-order chi connectivity index (χ0) is 13.2. The summed E-state index contributed by atoms with van der Waals surface area (Å²) in [4.78, 5) is 0. The second-order valence-corrected chi connectivity index (χ2v) is 6.63. The van der Waals surface area contributed by atoms with Crippen LogP contribution in [-0.2, 0) is 6.42 Å². The molecule has 0 saturated heterocycles. The van der Waals surface area contributed by atoms with E-state index in [0.717, 1.165) is 17.8 Å². The van der Waals surface area contributed by atoms with E-state index in [-0.39, 0.29) is 0 Å². The number of nitrogens with two attached hydrogens (primary N) is 1. The first-order chi connectivity index (χ1) is 9.28. The summed E-state index contributed by atoms with van der Waals surface area (Å²) in [5, 5.41) is 0. The molecule has 3 N–H and O–H groups in total. The van der Waals surface area contributed by atoms with Crippen LogP contribution in [0.4, 0.5) is 0 Å². The van der Waals surface area contributed by atoms with Gasteiger partial charge in [-0.3, -0.25) is 11.3 Å². The molecule has 2 unspecified atom stereocenters. The lowest BCUT2D eigenvalue weighted by molar-refractivity contribution is 0.213. The molecule has 0 aliphatic heterocycles. The van der Waals surface area contributed by atoms with Gasteiger partial charge in [-0.05, 0) is 54.6 Å². The molecule has 104 valence electrons. The van der Waals surface area contributed by atoms with Gasteiger partial charge in [0.15, 0.2) is 0 Å². The molecule has 2 atom stereocenters. The molecular weight excluding hydrogens is 232 g/mol. The number of hydrogen-bond donors (Lipinski definition) is 2. The standard InChI is InChI=1S/C17H26N2/c1-12-6-8-13(9-7-12)17(19-18)11-15-10-14-4-2-3-5-16(14)15/h2-5,12-13,15,17,19H,6-11,18H2,1H3. The van der Waals surface area contributed by atoms with Gasteiger partial charge < -0.3 is 0 Å². The molecule has 19 heavy (non-hydrogen) atoms. The van der Waals surface area contributed by atoms with E-state index < -0.39 is 0 Å². The lowest BCUT2D eigenvalue weighted by Crippen LogP contribution is -2.44. The number of hydrogen-bond acceptors (Lipinski definition) is 2. The molecular formula is C17H26N2. The van der Waals surface area contributed by atoms with Crippen LogP contribution in [0.3, 0.4) is 0 Å². The second-order valence-electron chi connectivity index (χ2n) is 6.63. The average molecular weight is 258 g/mol. The first-order valence-corrected chi connectivity index (χ1v) is 7.82. The fourth-order valence-corrected chi connectivity index (χ4v) is 3.96. The van der Waals surface area contributed by atoms with Crippen LogP contribution in [0.25, 0.3) is 0 Å². The van der Waals surface area contributed by atoms with E-state index >= 15 is 0 Å². The molecule has 2 nitrogen and oxygen atoms in total. The van der Waals surface area contributed by atoms with E-state index in [0.29, 0.717) is 6.04 Å². The highest BCUT2D eigenvalue weighted by atomic mass is 15.2. The molecule has 2 heteroatoms. The third-order valence-corrected chi connectivity index (χ3v) is 5.34. The molecule has 2 aliphatic carbocycles. The first kappa shape index (κ1) is 13.1. The Morgan fingerprint density at radius 2 is 1.95 bits per heavy atom. The molecule has 0 aromatic heterocycles. The van der Waals surface area contributed by atoms with E-state index in [1.54, 1.807) is 11.1 Å². The lowest BCUT2D eigenvalue weighted by atomic mass is 9.70. The summed E-state index contributed by atoms with van der Waals surface area (Å²) < 4.78 is 0. The molecule has 0 bridgehead atoms. The quantitative estimate of drug-likeness (QED) is 0.642. The number of benzene rings is 1. The highest BCUT2D eigenvalue weighted by Gasteiger charge is 2.32. The highest BCUT2D eigenvalue weighted by Crippen LogP contribution is 2.40. The summed E-state index contributed by atoms with van der Waals surface area (Å²) in [6, 6.07) is 9.37. The molecule has 3 rings (SSSR count). The minimum Gasteiger partial charge on any atom is -0.271 e. The topological polar surface area (TPSA) is 38.0 Å². The van der Waals surface area contributed by atoms with Crippen LogP contribution in [0, 0.1) is 11.8 Å². The molecule has 1 aromatic carbocycles. The minimum atomic E-state index is 0.505. The third kappa shape index (κ3) is 2.70. The summed E-state index contributed by atoms with van der Waals surface area (Å²) in [6.45, 7) is 2.38. The molecule has 0 amide bonds. The fraction of sp³-hybridized carbons (Fsp3) is 0.647. The zero-order valence-electron chi connectivity index (χ0n) is 11.9. The largest absolute Gasteiger partial charge is 0.271 e. The second kappa shape index (κ2) is 5.64. The van der Waals surface area contributed by atoms with Crippen LogP contribution in [0.15, 0.2) is 24.3 Å². The average Bonchev–Trinajstić information content (AvgIpc) is 2.42. The smallest absolute Gasteiger partial charge is 0.0244 e. The number of fused-ring (bicyclic) bond motifs is 1. The van der Waals surface area contributed by atoms with E-state index in [4.69, 9.17) is 5.84 Å². The van der Waals surface area contributed by atoms with Crippen LogP contribution < -0.4 is 11.3 Å². The molecule has 0 spiro atoms. The van der Waals surface area contributed by atoms with E-state index in [9.17, 15) is 0 Å². The van der Waals surface area contributed by atoms with Crippen LogP contribution in [-0.4, -0.2) is 6.04 Å². The van der Waals surface area contributed by atoms with Gasteiger partial charge >= 0.3 is 0 Å². The van der Waals surface area contributed by atoms with E-state index in [2.05, 4.69) is 36.6 Å². The zero-order valence-corrected chi connectivity index (χ0v) is 11.9. The summed E-state index contributed by atoms with van der Waals surface area (Å²) in [6.07, 6.45) is 7.92. The SMILES string of the molecule is CC1CCC(C(CC2Cc3ccccc32)NN)CC1. The Labute approximate surface area is 116 Å².